The Labute approximate surface area is 246 Å². The summed E-state index contributed by atoms with van der Waals surface area (Å²) in [7, 11) is 3.26. The number of fused-ring (bicyclic) bond motifs is 4. The minimum absolute atomic E-state index is 0.133. The highest BCUT2D eigenvalue weighted by Crippen LogP contribution is 2.51. The van der Waals surface area contributed by atoms with E-state index in [1.54, 1.807) is 29.7 Å². The van der Waals surface area contributed by atoms with Crippen molar-refractivity contribution < 1.29 is 18.9 Å². The van der Waals surface area contributed by atoms with Crippen LogP contribution in [0.5, 0.6) is 29.0 Å². The summed E-state index contributed by atoms with van der Waals surface area (Å²) in [4.78, 5) is 9.56. The molecule has 0 saturated carbocycles. The second-order valence-electron chi connectivity index (χ2n) is 9.67. The fourth-order valence-corrected chi connectivity index (χ4v) is 5.55. The molecule has 1 aliphatic heterocycles. The first kappa shape index (κ1) is 25.8. The molecule has 0 N–H and O–H groups in total. The van der Waals surface area contributed by atoms with E-state index >= 15 is 0 Å². The monoisotopic (exact) mass is 580 g/mol. The van der Waals surface area contributed by atoms with Gasteiger partial charge in [-0.15, -0.1) is 5.10 Å². The van der Waals surface area contributed by atoms with Crippen molar-refractivity contribution in [3.63, 3.8) is 0 Å². The molecule has 0 saturated heterocycles. The summed E-state index contributed by atoms with van der Waals surface area (Å²) in [6.45, 7) is 2.09. The summed E-state index contributed by atoms with van der Waals surface area (Å²) < 4.78 is 27.2. The van der Waals surface area contributed by atoms with Crippen LogP contribution in [-0.2, 0) is 6.61 Å². The fraction of sp³-hybridized carbons (Fsp3) is 0.161. The molecule has 0 fully saturated rings. The topological polar surface area (TPSA) is 97.8 Å². The molecule has 0 radical (unpaired) electrons. The first-order valence-electron chi connectivity index (χ1n) is 13.2. The molecular weight excluding hydrogens is 556 g/mol. The minimum atomic E-state index is -0.365. The van der Waals surface area contributed by atoms with Gasteiger partial charge in [0.25, 0.3) is 0 Å². The van der Waals surface area contributed by atoms with Gasteiger partial charge < -0.3 is 18.9 Å². The number of hydrogen-bond acceptors (Lipinski definition) is 8. The maximum Gasteiger partial charge on any atom is 0.230 e. The lowest BCUT2D eigenvalue weighted by Crippen LogP contribution is -2.16. The first-order valence-corrected chi connectivity index (χ1v) is 13.6. The number of hydrogen-bond donors (Lipinski definition) is 0. The van der Waals surface area contributed by atoms with E-state index in [9.17, 15) is 0 Å². The zero-order chi connectivity index (χ0) is 28.8. The van der Waals surface area contributed by atoms with Gasteiger partial charge in [0.2, 0.25) is 11.8 Å². The third kappa shape index (κ3) is 4.27. The van der Waals surface area contributed by atoms with Gasteiger partial charge in [-0.1, -0.05) is 48.0 Å². The number of ether oxygens (including phenoxy) is 4. The Morgan fingerprint density at radius 1 is 0.881 bits per heavy atom. The number of aromatic nitrogens is 6. The number of benzene rings is 3. The van der Waals surface area contributed by atoms with E-state index in [4.69, 9.17) is 40.6 Å². The largest absolute Gasteiger partial charge is 0.496 e. The molecule has 210 valence electrons. The number of aryl methyl sites for hydroxylation is 1. The summed E-state index contributed by atoms with van der Waals surface area (Å²) in [5.74, 6) is 3.02. The van der Waals surface area contributed by atoms with Crippen molar-refractivity contribution in [2.75, 3.05) is 14.2 Å². The van der Waals surface area contributed by atoms with Gasteiger partial charge in [0.15, 0.2) is 23.0 Å². The molecule has 0 unspecified atom stereocenters. The summed E-state index contributed by atoms with van der Waals surface area (Å²) in [5.41, 5.74) is 4.69. The molecule has 11 heteroatoms. The van der Waals surface area contributed by atoms with E-state index in [2.05, 4.69) is 10.1 Å². The number of nitrogens with zero attached hydrogens (tertiary/aromatic N) is 6. The summed E-state index contributed by atoms with van der Waals surface area (Å²) in [6, 6.07) is 22.8. The lowest BCUT2D eigenvalue weighted by atomic mass is 9.84. The number of rotatable bonds is 7. The Morgan fingerprint density at radius 3 is 2.43 bits per heavy atom. The van der Waals surface area contributed by atoms with Gasteiger partial charge in [0.1, 0.15) is 18.7 Å². The minimum Gasteiger partial charge on any atom is -0.496 e. The molecule has 0 spiro atoms. The molecule has 1 aliphatic rings. The van der Waals surface area contributed by atoms with Crippen LogP contribution >= 0.6 is 11.6 Å². The molecule has 1 atom stereocenters. The van der Waals surface area contributed by atoms with Crippen LogP contribution in [0.15, 0.2) is 79.1 Å². The Hall–Kier alpha value is -5.09. The molecule has 3 aromatic carbocycles. The third-order valence-electron chi connectivity index (χ3n) is 7.19. The smallest absolute Gasteiger partial charge is 0.230 e. The van der Waals surface area contributed by atoms with E-state index in [0.717, 1.165) is 33.8 Å². The maximum absolute atomic E-state index is 6.50. The average Bonchev–Trinajstić information content (AvgIpc) is 3.59. The molecule has 0 bridgehead atoms. The lowest BCUT2D eigenvalue weighted by Gasteiger charge is -2.27. The zero-order valence-electron chi connectivity index (χ0n) is 23.0. The van der Waals surface area contributed by atoms with Gasteiger partial charge in [-0.3, -0.25) is 0 Å². The van der Waals surface area contributed by atoms with Crippen molar-refractivity contribution in [3.05, 3.63) is 112 Å². The molecule has 3 aromatic heterocycles. The van der Waals surface area contributed by atoms with E-state index in [-0.39, 0.29) is 12.5 Å². The van der Waals surface area contributed by atoms with Crippen molar-refractivity contribution in [2.45, 2.75) is 19.4 Å². The van der Waals surface area contributed by atoms with Crippen LogP contribution in [0.4, 0.5) is 0 Å². The number of para-hydroxylation sites is 3. The highest BCUT2D eigenvalue weighted by atomic mass is 35.5. The Balaban J connectivity index is 1.39. The van der Waals surface area contributed by atoms with Gasteiger partial charge >= 0.3 is 0 Å². The lowest BCUT2D eigenvalue weighted by molar-refractivity contribution is 0.276. The predicted octanol–water partition coefficient (Wildman–Crippen LogP) is 6.15. The van der Waals surface area contributed by atoms with Crippen LogP contribution in [0.25, 0.3) is 11.3 Å². The summed E-state index contributed by atoms with van der Waals surface area (Å²) >= 11 is 6.33. The summed E-state index contributed by atoms with van der Waals surface area (Å²) in [5, 5.41) is 10.1. The summed E-state index contributed by atoms with van der Waals surface area (Å²) in [6.07, 6.45) is 1.59. The number of methoxy groups -OCH3 is 2. The standard InChI is InChI=1S/C31H25ClN6O4/c1-18-26-27(21-11-4-5-12-22(21)39-2)28-29-34-25(16-41-24-14-7-6-13-23(24)40-3)36-37(29)17-33-30(28)42-31(26)38(35-18)20-10-8-9-19(32)15-20/h4-15,17,27H,16H2,1-3H3/t27-/m1/s1. The van der Waals surface area contributed by atoms with Gasteiger partial charge in [0, 0.05) is 10.6 Å². The second-order valence-corrected chi connectivity index (χ2v) is 10.1. The van der Waals surface area contributed by atoms with E-state index in [1.807, 2.05) is 79.7 Å². The van der Waals surface area contributed by atoms with Crippen LogP contribution in [0, 0.1) is 6.92 Å². The van der Waals surface area contributed by atoms with Gasteiger partial charge in [-0.25, -0.2) is 19.2 Å². The van der Waals surface area contributed by atoms with Gasteiger partial charge in [0.05, 0.1) is 42.6 Å². The van der Waals surface area contributed by atoms with Gasteiger partial charge in [-0.2, -0.15) is 5.10 Å². The molecule has 4 heterocycles. The fourth-order valence-electron chi connectivity index (χ4n) is 5.36. The van der Waals surface area contributed by atoms with E-state index < -0.39 is 0 Å². The first-order chi connectivity index (χ1) is 20.6. The van der Waals surface area contributed by atoms with Gasteiger partial charge in [-0.05, 0) is 43.3 Å². The zero-order valence-corrected chi connectivity index (χ0v) is 23.7. The Kier molecular flexibility index (Phi) is 6.39. The van der Waals surface area contributed by atoms with Crippen LogP contribution in [0.3, 0.4) is 0 Å². The normalized spacial score (nSPS) is 13.8. The molecule has 10 nitrogen and oxygen atoms in total. The maximum atomic E-state index is 6.50. The van der Waals surface area contributed by atoms with E-state index in [0.29, 0.717) is 39.8 Å². The van der Waals surface area contributed by atoms with Crippen LogP contribution < -0.4 is 18.9 Å². The average molecular weight is 581 g/mol. The van der Waals surface area contributed by atoms with Crippen LogP contribution in [-0.4, -0.2) is 43.6 Å². The molecule has 7 rings (SSSR count). The van der Waals surface area contributed by atoms with Crippen molar-refractivity contribution in [3.8, 4) is 34.7 Å². The second kappa shape index (κ2) is 10.4. The van der Waals surface area contributed by atoms with Crippen molar-refractivity contribution in [2.24, 2.45) is 0 Å². The van der Waals surface area contributed by atoms with E-state index in [1.165, 1.54) is 0 Å². The molecule has 0 aliphatic carbocycles. The van der Waals surface area contributed by atoms with Crippen molar-refractivity contribution in [1.82, 2.24) is 29.4 Å². The predicted molar refractivity (Wildman–Crippen MR) is 155 cm³/mol. The Morgan fingerprint density at radius 2 is 1.64 bits per heavy atom. The Bertz CT molecular complexity index is 1950. The van der Waals surface area contributed by atoms with Crippen LogP contribution in [0.2, 0.25) is 5.02 Å². The van der Waals surface area contributed by atoms with Crippen molar-refractivity contribution >= 4 is 17.2 Å². The molecule has 42 heavy (non-hydrogen) atoms. The molecular formula is C31H25ClN6O4. The number of halogens is 1. The third-order valence-corrected chi connectivity index (χ3v) is 7.43. The molecule has 0 amide bonds. The molecule has 6 aromatic rings. The highest BCUT2D eigenvalue weighted by Gasteiger charge is 2.39. The van der Waals surface area contributed by atoms with Crippen LogP contribution in [0.1, 0.15) is 34.1 Å². The highest BCUT2D eigenvalue weighted by molar-refractivity contribution is 6.30. The quantitative estimate of drug-likeness (QED) is 0.221. The van der Waals surface area contributed by atoms with Crippen molar-refractivity contribution in [1.29, 1.82) is 0 Å². The SMILES string of the molecule is COc1ccccc1OCc1nc2c3c(ncn2n1)Oc1c(c(C)nn1-c1cccc(Cl)c1)[C@H]3c1ccccc1OC.